The molecule has 1 heterocycles. The van der Waals surface area contributed by atoms with E-state index in [0.717, 1.165) is 6.07 Å². The molecule has 0 unspecified atom stereocenters. The molecule has 0 atom stereocenters. The number of hydrogen-bond acceptors (Lipinski definition) is 10. The lowest BCUT2D eigenvalue weighted by Crippen LogP contribution is -2.11. The standard InChI is InChI=1S/C5H2N8O6/c6-1-2(11(14)15)7-8-3-4(12(16)17)9-10-5(3)13(18)19/h8H,(H,9,10)/b7-2-. The first-order chi connectivity index (χ1) is 8.88. The first kappa shape index (κ1) is 13.4. The smallest absolute Gasteiger partial charge is 0.358 e. The molecule has 0 fully saturated rings. The molecule has 0 aliphatic rings. The van der Waals surface area contributed by atoms with Gasteiger partial charge < -0.3 is 30.3 Å². The minimum absolute atomic E-state index is 0.801. The van der Waals surface area contributed by atoms with Crippen LogP contribution < -0.4 is 5.43 Å². The fourth-order valence-electron chi connectivity index (χ4n) is 0.906. The van der Waals surface area contributed by atoms with Crippen LogP contribution in [0.1, 0.15) is 0 Å². The van der Waals surface area contributed by atoms with Crippen LogP contribution >= 0.6 is 0 Å². The van der Waals surface area contributed by atoms with Gasteiger partial charge in [0.25, 0.3) is 5.69 Å². The molecular formula is C5H2N8O6. The molecule has 0 bridgehead atoms. The van der Waals surface area contributed by atoms with E-state index in [1.54, 1.807) is 10.5 Å². The monoisotopic (exact) mass is 270 g/mol. The van der Waals surface area contributed by atoms with Crippen LogP contribution in [0.25, 0.3) is 0 Å². The van der Waals surface area contributed by atoms with Gasteiger partial charge in [-0.1, -0.05) is 0 Å². The number of nitrogens with one attached hydrogen (secondary N) is 2. The number of amidine groups is 1. The number of H-pyrrole nitrogens is 1. The summed E-state index contributed by atoms with van der Waals surface area (Å²) in [7, 11) is 0. The van der Waals surface area contributed by atoms with Gasteiger partial charge in [-0.15, -0.1) is 0 Å². The lowest BCUT2D eigenvalue weighted by molar-refractivity contribution is -0.392. The van der Waals surface area contributed by atoms with Crippen molar-refractivity contribution < 1.29 is 14.8 Å². The fraction of sp³-hybridized carbons (Fsp3) is 0. The van der Waals surface area contributed by atoms with Gasteiger partial charge in [-0.05, 0) is 19.9 Å². The molecule has 0 amide bonds. The Labute approximate surface area is 101 Å². The summed E-state index contributed by atoms with van der Waals surface area (Å²) in [5.74, 6) is -3.14. The number of nitriles is 1. The molecule has 0 aliphatic carbocycles. The van der Waals surface area contributed by atoms with Crippen molar-refractivity contribution in [3.8, 4) is 6.07 Å². The van der Waals surface area contributed by atoms with Crippen molar-refractivity contribution in [1.82, 2.24) is 10.2 Å². The lowest BCUT2D eigenvalue weighted by atomic mass is 10.5. The first-order valence-electron chi connectivity index (χ1n) is 4.13. The molecular weight excluding hydrogens is 268 g/mol. The minimum atomic E-state index is -1.23. The summed E-state index contributed by atoms with van der Waals surface area (Å²) in [6, 6.07) is 1.08. The van der Waals surface area contributed by atoms with Gasteiger partial charge in [0.05, 0.1) is 5.10 Å². The highest BCUT2D eigenvalue weighted by Gasteiger charge is 2.33. The number of aromatic nitrogens is 2. The summed E-state index contributed by atoms with van der Waals surface area (Å²) in [5, 5.41) is 47.3. The largest absolute Gasteiger partial charge is 0.466 e. The van der Waals surface area contributed by atoms with Crippen molar-refractivity contribution >= 4 is 23.2 Å². The van der Waals surface area contributed by atoms with Crippen LogP contribution in [0.5, 0.6) is 0 Å². The van der Waals surface area contributed by atoms with Gasteiger partial charge in [0.2, 0.25) is 0 Å². The van der Waals surface area contributed by atoms with Crippen LogP contribution in [-0.2, 0) is 0 Å². The van der Waals surface area contributed by atoms with Gasteiger partial charge in [0.1, 0.15) is 5.10 Å². The fourth-order valence-corrected chi connectivity index (χ4v) is 0.906. The summed E-state index contributed by atoms with van der Waals surface area (Å²) in [6.45, 7) is 0. The third-order valence-electron chi connectivity index (χ3n) is 1.63. The number of hydrazone groups is 1. The predicted molar refractivity (Wildman–Crippen MR) is 55.6 cm³/mol. The van der Waals surface area contributed by atoms with E-state index in [4.69, 9.17) is 5.26 Å². The molecule has 14 nitrogen and oxygen atoms in total. The van der Waals surface area contributed by atoms with E-state index in [0.29, 0.717) is 0 Å². The second kappa shape index (κ2) is 5.13. The Bertz CT molecular complexity index is 593. The Balaban J connectivity index is 3.23. The highest BCUT2D eigenvalue weighted by molar-refractivity contribution is 5.90. The molecule has 0 radical (unpaired) electrons. The van der Waals surface area contributed by atoms with E-state index < -0.39 is 37.9 Å². The summed E-state index contributed by atoms with van der Waals surface area (Å²) in [5.41, 5.74) is 0.902. The zero-order valence-corrected chi connectivity index (χ0v) is 8.63. The maximum absolute atomic E-state index is 10.5. The van der Waals surface area contributed by atoms with Crippen molar-refractivity contribution in [3.05, 3.63) is 30.3 Å². The molecule has 98 valence electrons. The maximum Gasteiger partial charge on any atom is 0.466 e. The highest BCUT2D eigenvalue weighted by Crippen LogP contribution is 2.30. The molecule has 14 heteroatoms. The van der Waals surface area contributed by atoms with Crippen LogP contribution in [0.3, 0.4) is 0 Å². The van der Waals surface area contributed by atoms with Crippen molar-refractivity contribution in [1.29, 1.82) is 5.26 Å². The van der Waals surface area contributed by atoms with Crippen molar-refractivity contribution in [2.75, 3.05) is 5.43 Å². The van der Waals surface area contributed by atoms with Crippen LogP contribution in [-0.4, -0.2) is 30.8 Å². The van der Waals surface area contributed by atoms with Crippen LogP contribution in [0.4, 0.5) is 17.3 Å². The van der Waals surface area contributed by atoms with Gasteiger partial charge in [-0.2, -0.15) is 10.7 Å². The number of nitro groups is 3. The number of hydrogen-bond donors (Lipinski definition) is 2. The van der Waals surface area contributed by atoms with Gasteiger partial charge >= 0.3 is 17.5 Å². The van der Waals surface area contributed by atoms with Gasteiger partial charge in [-0.25, -0.2) is 0 Å². The number of nitrogens with zero attached hydrogens (tertiary/aromatic N) is 6. The second-order valence-electron chi connectivity index (χ2n) is 2.70. The number of rotatable bonds is 4. The molecule has 1 aromatic rings. The quantitative estimate of drug-likeness (QED) is 0.319. The molecule has 0 aromatic carbocycles. The van der Waals surface area contributed by atoms with E-state index in [2.05, 4.69) is 10.2 Å². The molecule has 19 heavy (non-hydrogen) atoms. The third-order valence-corrected chi connectivity index (χ3v) is 1.63. The molecule has 0 spiro atoms. The van der Waals surface area contributed by atoms with E-state index in [9.17, 15) is 30.3 Å². The Morgan fingerprint density at radius 2 is 1.95 bits per heavy atom. The normalized spacial score (nSPS) is 10.6. The third kappa shape index (κ3) is 2.73. The van der Waals surface area contributed by atoms with E-state index >= 15 is 0 Å². The summed E-state index contributed by atoms with van der Waals surface area (Å²) >= 11 is 0. The van der Waals surface area contributed by atoms with E-state index in [1.165, 1.54) is 0 Å². The van der Waals surface area contributed by atoms with Crippen LogP contribution in [0.2, 0.25) is 0 Å². The molecule has 0 saturated heterocycles. The van der Waals surface area contributed by atoms with Crippen LogP contribution in [0.15, 0.2) is 5.10 Å². The average molecular weight is 270 g/mol. The summed E-state index contributed by atoms with van der Waals surface area (Å²) in [6.07, 6.45) is 0. The Morgan fingerprint density at radius 1 is 1.32 bits per heavy atom. The van der Waals surface area contributed by atoms with Gasteiger partial charge in [0, 0.05) is 0 Å². The zero-order valence-electron chi connectivity index (χ0n) is 8.63. The van der Waals surface area contributed by atoms with Crippen molar-refractivity contribution in [2.45, 2.75) is 0 Å². The molecule has 2 N–H and O–H groups in total. The maximum atomic E-state index is 10.5. The van der Waals surface area contributed by atoms with E-state index in [1.807, 2.05) is 0 Å². The second-order valence-corrected chi connectivity index (χ2v) is 2.70. The SMILES string of the molecule is N#C/C(=N/Nc1c([N+](=O)[O-])n[nH]c1[N+](=O)[O-])[N+](=O)[O-]. The van der Waals surface area contributed by atoms with Crippen molar-refractivity contribution in [3.63, 3.8) is 0 Å². The molecule has 0 saturated carbocycles. The van der Waals surface area contributed by atoms with Crippen LogP contribution in [0, 0.1) is 41.7 Å². The predicted octanol–water partition coefficient (Wildman–Crippen LogP) is -0.248. The first-order valence-corrected chi connectivity index (χ1v) is 4.13. The highest BCUT2D eigenvalue weighted by atomic mass is 16.6. The molecule has 1 rings (SSSR count). The minimum Gasteiger partial charge on any atom is -0.358 e. The van der Waals surface area contributed by atoms with E-state index in [-0.39, 0.29) is 0 Å². The van der Waals surface area contributed by atoms with Crippen molar-refractivity contribution in [2.24, 2.45) is 5.10 Å². The van der Waals surface area contributed by atoms with Gasteiger partial charge in [-0.3, -0.25) is 0 Å². The average Bonchev–Trinajstić information content (AvgIpc) is 2.73. The Hall–Kier alpha value is -3.63. The topological polar surface area (TPSA) is 206 Å². The lowest BCUT2D eigenvalue weighted by Gasteiger charge is -1.93. The Kier molecular flexibility index (Phi) is 3.63. The zero-order chi connectivity index (χ0) is 14.6. The summed E-state index contributed by atoms with van der Waals surface area (Å²) < 4.78 is 0. The molecule has 1 aromatic heterocycles. The molecule has 0 aliphatic heterocycles. The van der Waals surface area contributed by atoms with Gasteiger partial charge in [0.15, 0.2) is 6.07 Å². The number of anilines is 1. The number of aromatic amines is 1. The Morgan fingerprint density at radius 3 is 2.37 bits per heavy atom. The summed E-state index contributed by atoms with van der Waals surface area (Å²) in [4.78, 5) is 28.0.